The first-order valence-corrected chi connectivity index (χ1v) is 3.10. The molecule has 70 valence electrons. The summed E-state index contributed by atoms with van der Waals surface area (Å²) in [7, 11) is -2.39. The molecule has 0 fully saturated rings. The van der Waals surface area contributed by atoms with Crippen LogP contribution in [0.25, 0.3) is 0 Å². The van der Waals surface area contributed by atoms with Crippen molar-refractivity contribution < 1.29 is 29.2 Å². The van der Waals surface area contributed by atoms with Gasteiger partial charge in [0, 0.05) is 12.1 Å². The Hall–Kier alpha value is -1.21. The first kappa shape index (κ1) is 8.40. The van der Waals surface area contributed by atoms with Crippen LogP contribution < -0.4 is 4.65 Å². The van der Waals surface area contributed by atoms with E-state index in [0.717, 1.165) is 0 Å². The second-order valence-corrected chi connectivity index (χ2v) is 2.05. The molecule has 0 saturated carbocycles. The van der Waals surface area contributed by atoms with E-state index in [1.54, 1.807) is 0 Å². The Bertz CT molecular complexity index is 361. The predicted octanol–water partition coefficient (Wildman–Crippen LogP) is 0.452. The van der Waals surface area contributed by atoms with Gasteiger partial charge >= 0.3 is 7.32 Å². The molecule has 0 heterocycles. The fraction of sp³-hybridized carbons (Fsp3) is 0. The summed E-state index contributed by atoms with van der Waals surface area (Å²) >= 11 is 0. The van der Waals surface area contributed by atoms with Gasteiger partial charge in [0.25, 0.3) is 0 Å². The summed E-state index contributed by atoms with van der Waals surface area (Å²) in [6.07, 6.45) is 0. The van der Waals surface area contributed by atoms with Crippen molar-refractivity contribution in [2.24, 2.45) is 0 Å². The fourth-order valence-corrected chi connectivity index (χ4v) is 0.682. The van der Waals surface area contributed by atoms with Crippen LogP contribution in [0.1, 0.15) is 1.37 Å². The summed E-state index contributed by atoms with van der Waals surface area (Å²) < 4.78 is 48.7. The lowest BCUT2D eigenvalue weighted by Crippen LogP contribution is -2.21. The van der Waals surface area contributed by atoms with E-state index in [1.807, 2.05) is 0 Å². The third kappa shape index (κ3) is 2.36. The quantitative estimate of drug-likeness (QED) is 0.529. The van der Waals surface area contributed by atoms with Crippen molar-refractivity contribution in [1.29, 1.82) is 0 Å². The first-order chi connectivity index (χ1) is 6.43. The van der Waals surface area contributed by atoms with E-state index in [9.17, 15) is 13.2 Å². The van der Waals surface area contributed by atoms with Crippen molar-refractivity contribution in [3.05, 3.63) is 29.6 Å². The van der Waals surface area contributed by atoms with Crippen LogP contribution in [0.4, 0.5) is 13.2 Å². The summed E-state index contributed by atoms with van der Waals surface area (Å²) in [5, 5.41) is 16.5. The minimum absolute atomic E-state index is 0.347. The summed E-state index contributed by atoms with van der Waals surface area (Å²) in [5.74, 6) is -5.77. The van der Waals surface area contributed by atoms with Crippen LogP contribution in [0.5, 0.6) is 5.75 Å². The van der Waals surface area contributed by atoms with Gasteiger partial charge in [-0.15, -0.1) is 0 Å². The summed E-state index contributed by atoms with van der Waals surface area (Å²) in [6, 6.07) is -0.900. The highest BCUT2D eigenvalue weighted by Crippen LogP contribution is 2.21. The van der Waals surface area contributed by atoms with Gasteiger partial charge in [-0.2, -0.15) is 4.39 Å². The summed E-state index contributed by atoms with van der Waals surface area (Å²) in [6.45, 7) is 0. The van der Waals surface area contributed by atoms with Crippen molar-refractivity contribution in [2.45, 2.75) is 0 Å². The van der Waals surface area contributed by atoms with E-state index >= 15 is 0 Å². The Labute approximate surface area is 73.0 Å². The minimum Gasteiger partial charge on any atom is -0.509 e. The molecule has 1 rings (SSSR count). The van der Waals surface area contributed by atoms with Crippen LogP contribution in [-0.2, 0) is 0 Å². The zero-order chi connectivity index (χ0) is 10.9. The van der Waals surface area contributed by atoms with Crippen LogP contribution in [0.15, 0.2) is 12.1 Å². The molecule has 13 heavy (non-hydrogen) atoms. The van der Waals surface area contributed by atoms with Gasteiger partial charge in [0.05, 0.1) is 1.37 Å². The van der Waals surface area contributed by atoms with Gasteiger partial charge in [-0.1, -0.05) is 0 Å². The average Bonchev–Trinajstić information content (AvgIpc) is 2.10. The molecule has 0 aliphatic heterocycles. The number of rotatable bonds is 2. The fourth-order valence-electron chi connectivity index (χ4n) is 0.682. The average molecular weight is 193 g/mol. The van der Waals surface area contributed by atoms with Gasteiger partial charge in [-0.05, 0) is 0 Å². The zero-order valence-electron chi connectivity index (χ0n) is 7.09. The maximum Gasteiger partial charge on any atom is 0.707 e. The molecular weight excluding hydrogens is 188 g/mol. The Balaban J connectivity index is 3.19. The SMILES string of the molecule is [2H]c1c(F)cc(OB(O)O)c(F)c1F. The molecule has 0 bridgehead atoms. The highest BCUT2D eigenvalue weighted by Gasteiger charge is 2.18. The Morgan fingerprint density at radius 2 is 2.00 bits per heavy atom. The largest absolute Gasteiger partial charge is 0.707 e. The third-order valence-electron chi connectivity index (χ3n) is 1.13. The van der Waals surface area contributed by atoms with Gasteiger partial charge in [-0.3, -0.25) is 0 Å². The van der Waals surface area contributed by atoms with Gasteiger partial charge in [0.1, 0.15) is 11.6 Å². The zero-order valence-corrected chi connectivity index (χ0v) is 6.09. The molecule has 0 atom stereocenters. The molecule has 0 amide bonds. The first-order valence-electron chi connectivity index (χ1n) is 3.60. The lowest BCUT2D eigenvalue weighted by Gasteiger charge is -2.05. The van der Waals surface area contributed by atoms with Crippen LogP contribution in [0, 0.1) is 17.5 Å². The molecule has 0 radical (unpaired) electrons. The van der Waals surface area contributed by atoms with E-state index in [1.165, 1.54) is 0 Å². The normalized spacial score (nSPS) is 11.0. The summed E-state index contributed by atoms with van der Waals surface area (Å²) in [4.78, 5) is 0. The van der Waals surface area contributed by atoms with Crippen LogP contribution >= 0.6 is 0 Å². The van der Waals surface area contributed by atoms with Gasteiger partial charge < -0.3 is 14.7 Å². The molecule has 0 unspecified atom stereocenters. The van der Waals surface area contributed by atoms with Crippen molar-refractivity contribution >= 4 is 7.32 Å². The highest BCUT2D eigenvalue weighted by atomic mass is 19.2. The monoisotopic (exact) mass is 193 g/mol. The number of hydrogen-bond donors (Lipinski definition) is 2. The molecule has 0 spiro atoms. The summed E-state index contributed by atoms with van der Waals surface area (Å²) in [5.41, 5.74) is 0. The molecule has 7 heteroatoms. The Morgan fingerprint density at radius 1 is 1.38 bits per heavy atom. The van der Waals surface area contributed by atoms with E-state index in [-0.39, 0.29) is 0 Å². The maximum absolute atomic E-state index is 12.8. The number of hydrogen-bond acceptors (Lipinski definition) is 3. The number of halogens is 3. The van der Waals surface area contributed by atoms with Gasteiger partial charge in [0.2, 0.25) is 0 Å². The van der Waals surface area contributed by atoms with E-state index in [4.69, 9.17) is 11.4 Å². The van der Waals surface area contributed by atoms with Crippen LogP contribution in [0.2, 0.25) is 0 Å². The molecule has 1 aromatic rings. The molecule has 1 aromatic carbocycles. The van der Waals surface area contributed by atoms with E-state index in [2.05, 4.69) is 4.65 Å². The highest BCUT2D eigenvalue weighted by molar-refractivity contribution is 6.33. The second kappa shape index (κ2) is 3.67. The van der Waals surface area contributed by atoms with Gasteiger partial charge in [-0.25, -0.2) is 8.78 Å². The van der Waals surface area contributed by atoms with Crippen LogP contribution in [0.3, 0.4) is 0 Å². The lowest BCUT2D eigenvalue weighted by atomic mass is 10.2. The topological polar surface area (TPSA) is 49.7 Å². The second-order valence-electron chi connectivity index (χ2n) is 2.05. The molecular formula is C6H4BF3O3. The standard InChI is InChI=1S/C6H4BF3O3/c8-3-1-4(9)6(10)5(2-3)13-7(11)12/h1-2,11-12H/i1D. The number of benzene rings is 1. The maximum atomic E-state index is 12.8. The van der Waals surface area contributed by atoms with E-state index < -0.39 is 36.6 Å². The van der Waals surface area contributed by atoms with Crippen LogP contribution in [-0.4, -0.2) is 17.4 Å². The van der Waals surface area contributed by atoms with Crippen molar-refractivity contribution in [3.8, 4) is 5.75 Å². The predicted molar refractivity (Wildman–Crippen MR) is 37.1 cm³/mol. The van der Waals surface area contributed by atoms with E-state index in [0.29, 0.717) is 6.07 Å². The molecule has 2 N–H and O–H groups in total. The molecule has 0 saturated heterocycles. The van der Waals surface area contributed by atoms with Crippen molar-refractivity contribution in [2.75, 3.05) is 0 Å². The van der Waals surface area contributed by atoms with Crippen molar-refractivity contribution in [1.82, 2.24) is 0 Å². The smallest absolute Gasteiger partial charge is 0.509 e. The molecule has 3 nitrogen and oxygen atoms in total. The van der Waals surface area contributed by atoms with Crippen molar-refractivity contribution in [3.63, 3.8) is 0 Å². The third-order valence-corrected chi connectivity index (χ3v) is 1.13. The van der Waals surface area contributed by atoms with Gasteiger partial charge in [0.15, 0.2) is 11.6 Å². The minimum atomic E-state index is -2.39. The lowest BCUT2D eigenvalue weighted by molar-refractivity contribution is 0.278. The Kier molecular flexibility index (Phi) is 2.37. The molecule has 0 aliphatic rings. The molecule has 0 aliphatic carbocycles. The Morgan fingerprint density at radius 3 is 2.54 bits per heavy atom. The molecule has 0 aromatic heterocycles.